The van der Waals surface area contributed by atoms with Gasteiger partial charge in [-0.1, -0.05) is 43.3 Å². The van der Waals surface area contributed by atoms with Crippen molar-refractivity contribution in [2.24, 2.45) is 5.73 Å². The Balaban J connectivity index is 2.10. The van der Waals surface area contributed by atoms with Crippen LogP contribution in [0.5, 0.6) is 0 Å². The summed E-state index contributed by atoms with van der Waals surface area (Å²) in [5, 5.41) is 5.57. The maximum Gasteiger partial charge on any atom is 0.315 e. The molecule has 4 N–H and O–H groups in total. The van der Waals surface area contributed by atoms with Crippen molar-refractivity contribution in [1.82, 2.24) is 20.5 Å². The number of carbonyl (C=O) groups is 3. The van der Waals surface area contributed by atoms with Crippen LogP contribution >= 0.6 is 0 Å². The smallest absolute Gasteiger partial charge is 0.315 e. The predicted octanol–water partition coefficient (Wildman–Crippen LogP) is 1.60. The van der Waals surface area contributed by atoms with Crippen molar-refractivity contribution in [3.63, 3.8) is 0 Å². The van der Waals surface area contributed by atoms with Gasteiger partial charge in [0.25, 0.3) is 0 Å². The summed E-state index contributed by atoms with van der Waals surface area (Å²) < 4.78 is 0. The highest BCUT2D eigenvalue weighted by atomic mass is 16.2. The Hall–Kier alpha value is -3.42. The first kappa shape index (κ1) is 22.9. The van der Waals surface area contributed by atoms with Gasteiger partial charge < -0.3 is 21.3 Å². The van der Waals surface area contributed by atoms with E-state index in [-0.39, 0.29) is 24.8 Å². The van der Waals surface area contributed by atoms with Crippen molar-refractivity contribution in [3.05, 3.63) is 66.0 Å². The van der Waals surface area contributed by atoms with E-state index in [4.69, 9.17) is 5.73 Å². The van der Waals surface area contributed by atoms with Crippen LogP contribution in [0, 0.1) is 0 Å². The minimum atomic E-state index is -0.933. The number of nitrogens with two attached hydrogens (primary N) is 1. The summed E-state index contributed by atoms with van der Waals surface area (Å²) in [7, 11) is 0. The van der Waals surface area contributed by atoms with Gasteiger partial charge in [0.2, 0.25) is 11.8 Å². The number of urea groups is 1. The Morgan fingerprint density at radius 2 is 1.80 bits per heavy atom. The standard InChI is InChI=1S/C22H29N5O3/c1-3-19(28)26-20(21(29)25-13-11-17-8-5-4-6-9-17)16(2)27(22(23)30)15-18-10-7-12-24-14-18/h4-10,12,14,16,20H,3,11,13,15H2,1-2H3,(H2,23,30)(H,25,29)(H,26,28). The number of hydrogen-bond acceptors (Lipinski definition) is 4. The highest BCUT2D eigenvalue weighted by molar-refractivity contribution is 5.88. The van der Waals surface area contributed by atoms with E-state index in [1.54, 1.807) is 32.3 Å². The van der Waals surface area contributed by atoms with E-state index in [2.05, 4.69) is 15.6 Å². The summed E-state index contributed by atoms with van der Waals surface area (Å²) in [5.41, 5.74) is 7.45. The summed E-state index contributed by atoms with van der Waals surface area (Å²) in [4.78, 5) is 42.4. The minimum Gasteiger partial charge on any atom is -0.354 e. The summed E-state index contributed by atoms with van der Waals surface area (Å²) in [6, 6.07) is 11.1. The molecule has 1 aromatic carbocycles. The summed E-state index contributed by atoms with van der Waals surface area (Å²) in [5.74, 6) is -0.645. The third-order valence-electron chi connectivity index (χ3n) is 4.81. The van der Waals surface area contributed by atoms with E-state index < -0.39 is 18.1 Å². The third kappa shape index (κ3) is 6.88. The highest BCUT2D eigenvalue weighted by Crippen LogP contribution is 2.11. The highest BCUT2D eigenvalue weighted by Gasteiger charge is 2.32. The van der Waals surface area contributed by atoms with E-state index in [0.29, 0.717) is 13.0 Å². The van der Waals surface area contributed by atoms with Gasteiger partial charge in [0.15, 0.2) is 0 Å². The van der Waals surface area contributed by atoms with Gasteiger partial charge in [0.05, 0.1) is 6.04 Å². The average molecular weight is 412 g/mol. The number of pyridine rings is 1. The normalized spacial score (nSPS) is 12.5. The summed E-state index contributed by atoms with van der Waals surface area (Å²) in [6.45, 7) is 3.98. The number of benzene rings is 1. The molecule has 2 aromatic rings. The Morgan fingerprint density at radius 3 is 2.40 bits per heavy atom. The molecule has 8 heteroatoms. The lowest BCUT2D eigenvalue weighted by atomic mass is 10.1. The van der Waals surface area contributed by atoms with Gasteiger partial charge >= 0.3 is 6.03 Å². The van der Waals surface area contributed by atoms with E-state index >= 15 is 0 Å². The zero-order valence-corrected chi connectivity index (χ0v) is 17.4. The number of aromatic nitrogens is 1. The molecule has 1 heterocycles. The molecule has 160 valence electrons. The van der Waals surface area contributed by atoms with Crippen molar-refractivity contribution in [3.8, 4) is 0 Å². The van der Waals surface area contributed by atoms with E-state index in [0.717, 1.165) is 11.1 Å². The zero-order valence-electron chi connectivity index (χ0n) is 17.4. The molecule has 0 spiro atoms. The molecule has 8 nitrogen and oxygen atoms in total. The number of nitrogens with zero attached hydrogens (tertiary/aromatic N) is 2. The number of rotatable bonds is 10. The Morgan fingerprint density at radius 1 is 1.10 bits per heavy atom. The number of primary amides is 1. The molecule has 0 saturated heterocycles. The summed E-state index contributed by atoms with van der Waals surface area (Å²) >= 11 is 0. The van der Waals surface area contributed by atoms with Gasteiger partial charge in [-0.05, 0) is 30.5 Å². The van der Waals surface area contributed by atoms with E-state index in [1.165, 1.54) is 4.90 Å². The second kappa shape index (κ2) is 11.5. The fourth-order valence-corrected chi connectivity index (χ4v) is 3.06. The Bertz CT molecular complexity index is 829. The van der Waals surface area contributed by atoms with Crippen LogP contribution in [0.25, 0.3) is 0 Å². The van der Waals surface area contributed by atoms with Gasteiger partial charge in [-0.3, -0.25) is 14.6 Å². The molecule has 0 bridgehead atoms. The molecule has 0 saturated carbocycles. The molecule has 0 fully saturated rings. The molecule has 2 atom stereocenters. The van der Waals surface area contributed by atoms with Crippen molar-refractivity contribution in [2.45, 2.75) is 45.3 Å². The second-order valence-corrected chi connectivity index (χ2v) is 6.99. The van der Waals surface area contributed by atoms with Gasteiger partial charge in [-0.2, -0.15) is 0 Å². The van der Waals surface area contributed by atoms with Crippen LogP contribution in [0.4, 0.5) is 4.79 Å². The molecule has 2 unspecified atom stereocenters. The quantitative estimate of drug-likeness (QED) is 0.550. The molecule has 30 heavy (non-hydrogen) atoms. The third-order valence-corrected chi connectivity index (χ3v) is 4.81. The molecular weight excluding hydrogens is 382 g/mol. The van der Waals surface area contributed by atoms with E-state index in [1.807, 2.05) is 36.4 Å². The van der Waals surface area contributed by atoms with Crippen molar-refractivity contribution in [2.75, 3.05) is 6.54 Å². The van der Waals surface area contributed by atoms with Gasteiger partial charge in [-0.15, -0.1) is 0 Å². The first-order chi connectivity index (χ1) is 14.4. The lowest BCUT2D eigenvalue weighted by Gasteiger charge is -2.33. The molecule has 4 amide bonds. The number of nitrogens with one attached hydrogen (secondary N) is 2. The number of carbonyl (C=O) groups excluding carboxylic acids is 3. The second-order valence-electron chi connectivity index (χ2n) is 6.99. The largest absolute Gasteiger partial charge is 0.354 e. The molecule has 0 aliphatic rings. The van der Waals surface area contributed by atoms with E-state index in [9.17, 15) is 14.4 Å². The van der Waals surface area contributed by atoms with Gasteiger partial charge in [-0.25, -0.2) is 4.79 Å². The van der Waals surface area contributed by atoms with Crippen LogP contribution in [-0.4, -0.2) is 46.4 Å². The van der Waals surface area contributed by atoms with Crippen molar-refractivity contribution < 1.29 is 14.4 Å². The van der Waals surface area contributed by atoms with Crippen LogP contribution in [0.1, 0.15) is 31.4 Å². The molecule has 0 radical (unpaired) electrons. The van der Waals surface area contributed by atoms with Crippen molar-refractivity contribution >= 4 is 17.8 Å². The molecule has 0 aliphatic heterocycles. The number of hydrogen-bond donors (Lipinski definition) is 3. The molecular formula is C22H29N5O3. The predicted molar refractivity (Wildman–Crippen MR) is 114 cm³/mol. The molecule has 0 aliphatic carbocycles. The van der Waals surface area contributed by atoms with Crippen LogP contribution in [0.2, 0.25) is 0 Å². The SMILES string of the molecule is CCC(=O)NC(C(=O)NCCc1ccccc1)C(C)N(Cc1cccnc1)C(N)=O. The first-order valence-corrected chi connectivity index (χ1v) is 9.98. The zero-order chi connectivity index (χ0) is 21.9. The fourth-order valence-electron chi connectivity index (χ4n) is 3.06. The molecule has 1 aromatic heterocycles. The number of amides is 4. The van der Waals surface area contributed by atoms with Crippen LogP contribution < -0.4 is 16.4 Å². The Labute approximate surface area is 176 Å². The maximum absolute atomic E-state index is 12.9. The van der Waals surface area contributed by atoms with Crippen molar-refractivity contribution in [1.29, 1.82) is 0 Å². The van der Waals surface area contributed by atoms with Crippen LogP contribution in [-0.2, 0) is 22.6 Å². The summed E-state index contributed by atoms with van der Waals surface area (Å²) in [6.07, 6.45) is 4.14. The molecule has 2 rings (SSSR count). The first-order valence-electron chi connectivity index (χ1n) is 9.98. The topological polar surface area (TPSA) is 117 Å². The average Bonchev–Trinajstić information content (AvgIpc) is 2.76. The lowest BCUT2D eigenvalue weighted by molar-refractivity contribution is -0.130. The van der Waals surface area contributed by atoms with Gasteiger partial charge in [0, 0.05) is 31.9 Å². The Kier molecular flexibility index (Phi) is 8.80. The van der Waals surface area contributed by atoms with Crippen LogP contribution in [0.15, 0.2) is 54.9 Å². The minimum absolute atomic E-state index is 0.181. The maximum atomic E-state index is 12.9. The van der Waals surface area contributed by atoms with Gasteiger partial charge in [0.1, 0.15) is 6.04 Å². The lowest BCUT2D eigenvalue weighted by Crippen LogP contribution is -2.59. The monoisotopic (exact) mass is 411 g/mol. The fraction of sp³-hybridized carbons (Fsp3) is 0.364. The van der Waals surface area contributed by atoms with Crippen LogP contribution in [0.3, 0.4) is 0 Å².